The van der Waals surface area contributed by atoms with Gasteiger partial charge in [0.15, 0.2) is 0 Å². The highest BCUT2D eigenvalue weighted by Gasteiger charge is 2.03. The van der Waals surface area contributed by atoms with Crippen molar-refractivity contribution in [3.63, 3.8) is 0 Å². The lowest BCUT2D eigenvalue weighted by Crippen LogP contribution is -2.06. The van der Waals surface area contributed by atoms with Crippen LogP contribution in [0.25, 0.3) is 0 Å². The number of halogens is 2. The van der Waals surface area contributed by atoms with E-state index in [0.29, 0.717) is 21.8 Å². The number of nitrogens with zero attached hydrogens (tertiary/aromatic N) is 2. The third kappa shape index (κ3) is 5.06. The molecule has 1 aromatic carbocycles. The lowest BCUT2D eigenvalue weighted by Gasteiger charge is -2.10. The van der Waals surface area contributed by atoms with E-state index in [2.05, 4.69) is 34.4 Å². The van der Waals surface area contributed by atoms with Crippen LogP contribution in [-0.2, 0) is 0 Å². The van der Waals surface area contributed by atoms with E-state index in [0.717, 1.165) is 24.5 Å². The van der Waals surface area contributed by atoms with Crippen molar-refractivity contribution in [1.82, 2.24) is 9.97 Å². The molecule has 0 unspecified atom stereocenters. The summed E-state index contributed by atoms with van der Waals surface area (Å²) in [7, 11) is 0. The Morgan fingerprint density at radius 3 is 2.52 bits per heavy atom. The normalized spacial score (nSPS) is 10.7. The summed E-state index contributed by atoms with van der Waals surface area (Å²) < 4.78 is 0. The Bertz CT molecular complexity index is 602. The number of hydrogen-bond acceptors (Lipinski definition) is 4. The molecule has 1 heterocycles. The molecule has 0 saturated carbocycles. The molecule has 2 N–H and O–H groups in total. The van der Waals surface area contributed by atoms with Crippen LogP contribution in [-0.4, -0.2) is 16.5 Å². The van der Waals surface area contributed by atoms with Gasteiger partial charge in [-0.05, 0) is 30.5 Å². The molecule has 6 heteroatoms. The largest absolute Gasteiger partial charge is 0.370 e. The van der Waals surface area contributed by atoms with E-state index in [1.54, 1.807) is 12.1 Å². The van der Waals surface area contributed by atoms with Crippen molar-refractivity contribution < 1.29 is 0 Å². The monoisotopic (exact) mass is 324 g/mol. The second kappa shape index (κ2) is 7.48. The van der Waals surface area contributed by atoms with Crippen LogP contribution in [0.4, 0.5) is 17.3 Å². The maximum Gasteiger partial charge on any atom is 0.135 e. The van der Waals surface area contributed by atoms with Gasteiger partial charge in [-0.3, -0.25) is 0 Å². The van der Waals surface area contributed by atoms with E-state index < -0.39 is 0 Å². The number of benzene rings is 1. The predicted molar refractivity (Wildman–Crippen MR) is 89.7 cm³/mol. The third-order valence-corrected chi connectivity index (χ3v) is 3.63. The Kier molecular flexibility index (Phi) is 5.65. The fraction of sp³-hybridized carbons (Fsp3) is 0.333. The van der Waals surface area contributed by atoms with Gasteiger partial charge in [0.2, 0.25) is 0 Å². The van der Waals surface area contributed by atoms with Crippen molar-refractivity contribution in [2.45, 2.75) is 20.3 Å². The van der Waals surface area contributed by atoms with Crippen molar-refractivity contribution in [2.75, 3.05) is 17.2 Å². The van der Waals surface area contributed by atoms with Crippen molar-refractivity contribution in [3.05, 3.63) is 40.6 Å². The number of aromatic nitrogens is 2. The molecule has 0 aliphatic rings. The topological polar surface area (TPSA) is 49.8 Å². The molecule has 0 aliphatic carbocycles. The first-order valence-corrected chi connectivity index (χ1v) is 7.58. The Morgan fingerprint density at radius 2 is 1.81 bits per heavy atom. The zero-order valence-electron chi connectivity index (χ0n) is 12.0. The van der Waals surface area contributed by atoms with Crippen LogP contribution in [0, 0.1) is 5.92 Å². The van der Waals surface area contributed by atoms with E-state index in [4.69, 9.17) is 23.2 Å². The van der Waals surface area contributed by atoms with Crippen molar-refractivity contribution >= 4 is 40.5 Å². The van der Waals surface area contributed by atoms with Gasteiger partial charge in [0.25, 0.3) is 0 Å². The van der Waals surface area contributed by atoms with Gasteiger partial charge >= 0.3 is 0 Å². The summed E-state index contributed by atoms with van der Waals surface area (Å²) in [6, 6.07) is 7.22. The molecular weight excluding hydrogens is 307 g/mol. The molecule has 2 rings (SSSR count). The maximum absolute atomic E-state index is 5.99. The Labute approximate surface area is 134 Å². The van der Waals surface area contributed by atoms with Crippen LogP contribution in [0.1, 0.15) is 20.3 Å². The highest BCUT2D eigenvalue weighted by atomic mass is 35.5. The summed E-state index contributed by atoms with van der Waals surface area (Å²) in [6.45, 7) is 5.28. The molecule has 112 valence electrons. The van der Waals surface area contributed by atoms with Gasteiger partial charge in [-0.2, -0.15) is 0 Å². The number of nitrogens with one attached hydrogen (secondary N) is 2. The fourth-order valence-electron chi connectivity index (χ4n) is 1.73. The van der Waals surface area contributed by atoms with Crippen molar-refractivity contribution in [3.8, 4) is 0 Å². The lowest BCUT2D eigenvalue weighted by molar-refractivity contribution is 0.606. The van der Waals surface area contributed by atoms with Gasteiger partial charge in [0, 0.05) is 18.3 Å². The van der Waals surface area contributed by atoms with Gasteiger partial charge in [0.05, 0.1) is 10.0 Å². The molecule has 0 atom stereocenters. The smallest absolute Gasteiger partial charge is 0.135 e. The highest BCUT2D eigenvalue weighted by Crippen LogP contribution is 2.26. The van der Waals surface area contributed by atoms with E-state index in [1.807, 2.05) is 12.1 Å². The Hall–Kier alpha value is -1.52. The molecule has 2 aromatic rings. The van der Waals surface area contributed by atoms with Crippen LogP contribution in [0.3, 0.4) is 0 Å². The van der Waals surface area contributed by atoms with Crippen molar-refractivity contribution in [1.29, 1.82) is 0 Å². The third-order valence-electron chi connectivity index (χ3n) is 2.89. The minimum atomic E-state index is 0.506. The fourth-order valence-corrected chi connectivity index (χ4v) is 2.03. The van der Waals surface area contributed by atoms with Crippen LogP contribution in [0.5, 0.6) is 0 Å². The summed E-state index contributed by atoms with van der Waals surface area (Å²) in [6.07, 6.45) is 2.62. The Balaban J connectivity index is 2.01. The first kappa shape index (κ1) is 15.9. The zero-order chi connectivity index (χ0) is 15.2. The van der Waals surface area contributed by atoms with Crippen molar-refractivity contribution in [2.24, 2.45) is 5.92 Å². The number of rotatable bonds is 6. The molecule has 21 heavy (non-hydrogen) atoms. The number of hydrogen-bond donors (Lipinski definition) is 2. The van der Waals surface area contributed by atoms with E-state index in [-0.39, 0.29) is 0 Å². The van der Waals surface area contributed by atoms with Crippen LogP contribution < -0.4 is 10.6 Å². The quantitative estimate of drug-likeness (QED) is 0.786. The van der Waals surface area contributed by atoms with Gasteiger partial charge in [-0.15, -0.1) is 0 Å². The molecule has 0 saturated heterocycles. The minimum absolute atomic E-state index is 0.506. The van der Waals surface area contributed by atoms with Crippen LogP contribution in [0.15, 0.2) is 30.6 Å². The lowest BCUT2D eigenvalue weighted by atomic mass is 10.1. The van der Waals surface area contributed by atoms with Gasteiger partial charge < -0.3 is 10.6 Å². The summed E-state index contributed by atoms with van der Waals surface area (Å²) in [5.74, 6) is 2.16. The summed E-state index contributed by atoms with van der Waals surface area (Å²) in [5.41, 5.74) is 0.830. The molecule has 0 spiro atoms. The predicted octanol–water partition coefficient (Wildman–Crippen LogP) is 4.99. The average Bonchev–Trinajstić information content (AvgIpc) is 2.43. The number of anilines is 3. The maximum atomic E-state index is 5.99. The molecule has 4 nitrogen and oxygen atoms in total. The van der Waals surface area contributed by atoms with Gasteiger partial charge in [-0.1, -0.05) is 37.0 Å². The minimum Gasteiger partial charge on any atom is -0.370 e. The second-order valence-corrected chi connectivity index (χ2v) is 5.97. The molecule has 0 amide bonds. The second-order valence-electron chi connectivity index (χ2n) is 5.15. The average molecular weight is 325 g/mol. The zero-order valence-corrected chi connectivity index (χ0v) is 13.5. The Morgan fingerprint density at radius 1 is 1.05 bits per heavy atom. The first-order chi connectivity index (χ1) is 10.0. The van der Waals surface area contributed by atoms with Gasteiger partial charge in [0.1, 0.15) is 18.0 Å². The summed E-state index contributed by atoms with van der Waals surface area (Å²) in [4.78, 5) is 8.39. The standard InChI is InChI=1S/C15H18Cl2N4/c1-10(2)5-6-18-14-8-15(20-9-19-14)21-11-3-4-12(16)13(17)7-11/h3-4,7-10H,5-6H2,1-2H3,(H2,18,19,20,21). The van der Waals surface area contributed by atoms with Gasteiger partial charge in [-0.25, -0.2) is 9.97 Å². The van der Waals surface area contributed by atoms with Crippen LogP contribution >= 0.6 is 23.2 Å². The molecule has 0 bridgehead atoms. The summed E-state index contributed by atoms with van der Waals surface area (Å²) in [5, 5.41) is 7.50. The van der Waals surface area contributed by atoms with Crippen LogP contribution in [0.2, 0.25) is 10.0 Å². The van der Waals surface area contributed by atoms with E-state index in [9.17, 15) is 0 Å². The molecule has 1 aromatic heterocycles. The van der Waals surface area contributed by atoms with E-state index >= 15 is 0 Å². The van der Waals surface area contributed by atoms with E-state index in [1.165, 1.54) is 6.33 Å². The highest BCUT2D eigenvalue weighted by molar-refractivity contribution is 6.42. The molecule has 0 fully saturated rings. The molecule has 0 aliphatic heterocycles. The first-order valence-electron chi connectivity index (χ1n) is 6.82. The SMILES string of the molecule is CC(C)CCNc1cc(Nc2ccc(Cl)c(Cl)c2)ncn1. The molecular formula is C15H18Cl2N4. The summed E-state index contributed by atoms with van der Waals surface area (Å²) >= 11 is 11.9. The molecule has 0 radical (unpaired) electrons.